The first-order chi connectivity index (χ1) is 14.6. The normalized spacial score (nSPS) is 16.1. The number of aromatic nitrogens is 2. The van der Waals surface area contributed by atoms with Gasteiger partial charge in [-0.05, 0) is 43.6 Å². The SMILES string of the molecule is CN=C(NCCc1nc(C(C)C)no1)NCC(c1ccc(OC)cc1)N1CCCC1. The van der Waals surface area contributed by atoms with Gasteiger partial charge < -0.3 is 19.9 Å². The summed E-state index contributed by atoms with van der Waals surface area (Å²) in [4.78, 5) is 11.3. The van der Waals surface area contributed by atoms with Crippen LogP contribution >= 0.6 is 0 Å². The summed E-state index contributed by atoms with van der Waals surface area (Å²) in [6.07, 6.45) is 3.17. The molecule has 1 aromatic carbocycles. The Morgan fingerprint density at radius 1 is 1.20 bits per heavy atom. The third kappa shape index (κ3) is 5.95. The fourth-order valence-corrected chi connectivity index (χ4v) is 3.64. The molecule has 8 heteroatoms. The van der Waals surface area contributed by atoms with Crippen LogP contribution in [0.5, 0.6) is 5.75 Å². The van der Waals surface area contributed by atoms with Gasteiger partial charge in [0.05, 0.1) is 13.2 Å². The van der Waals surface area contributed by atoms with E-state index in [9.17, 15) is 0 Å². The second-order valence-electron chi connectivity index (χ2n) is 7.86. The Hall–Kier alpha value is -2.61. The van der Waals surface area contributed by atoms with Crippen LogP contribution in [-0.2, 0) is 6.42 Å². The number of methoxy groups -OCH3 is 1. The van der Waals surface area contributed by atoms with Crippen LogP contribution in [0.3, 0.4) is 0 Å². The number of hydrogen-bond acceptors (Lipinski definition) is 6. The molecule has 2 N–H and O–H groups in total. The first kappa shape index (κ1) is 22.1. The number of aliphatic imine (C=N–C) groups is 1. The van der Waals surface area contributed by atoms with Crippen molar-refractivity contribution in [2.75, 3.05) is 40.3 Å². The lowest BCUT2D eigenvalue weighted by molar-refractivity contribution is 0.245. The van der Waals surface area contributed by atoms with Crippen LogP contribution in [0.4, 0.5) is 0 Å². The topological polar surface area (TPSA) is 87.8 Å². The molecule has 0 radical (unpaired) electrons. The van der Waals surface area contributed by atoms with E-state index < -0.39 is 0 Å². The second-order valence-corrected chi connectivity index (χ2v) is 7.86. The van der Waals surface area contributed by atoms with E-state index in [1.807, 2.05) is 12.1 Å². The monoisotopic (exact) mass is 414 g/mol. The highest BCUT2D eigenvalue weighted by atomic mass is 16.5. The molecule has 0 amide bonds. The maximum atomic E-state index is 5.31. The molecule has 3 rings (SSSR count). The summed E-state index contributed by atoms with van der Waals surface area (Å²) >= 11 is 0. The zero-order valence-electron chi connectivity index (χ0n) is 18.5. The van der Waals surface area contributed by atoms with Crippen molar-refractivity contribution in [2.24, 2.45) is 4.99 Å². The fraction of sp³-hybridized carbons (Fsp3) is 0.591. The van der Waals surface area contributed by atoms with Crippen molar-refractivity contribution in [3.63, 3.8) is 0 Å². The van der Waals surface area contributed by atoms with Crippen LogP contribution in [0.15, 0.2) is 33.8 Å². The first-order valence-electron chi connectivity index (χ1n) is 10.8. The number of benzene rings is 1. The van der Waals surface area contributed by atoms with E-state index in [1.165, 1.54) is 18.4 Å². The van der Waals surface area contributed by atoms with Crippen molar-refractivity contribution < 1.29 is 9.26 Å². The molecule has 1 aliphatic rings. The molecule has 164 valence electrons. The standard InChI is InChI=1S/C22H34N6O2/c1-16(2)21-26-20(30-27-21)11-12-24-22(23-3)25-15-19(28-13-5-6-14-28)17-7-9-18(29-4)10-8-17/h7-10,16,19H,5-6,11-15H2,1-4H3,(H2,23,24,25). The predicted molar refractivity (Wildman–Crippen MR) is 118 cm³/mol. The molecule has 1 fully saturated rings. The number of likely N-dealkylation sites (tertiary alicyclic amines) is 1. The number of nitrogens with one attached hydrogen (secondary N) is 2. The first-order valence-corrected chi connectivity index (χ1v) is 10.8. The maximum Gasteiger partial charge on any atom is 0.228 e. The number of ether oxygens (including phenoxy) is 1. The van der Waals surface area contributed by atoms with Gasteiger partial charge in [0.25, 0.3) is 0 Å². The van der Waals surface area contributed by atoms with E-state index in [-0.39, 0.29) is 5.92 Å². The number of rotatable bonds is 9. The van der Waals surface area contributed by atoms with Crippen molar-refractivity contribution in [2.45, 2.75) is 45.1 Å². The van der Waals surface area contributed by atoms with E-state index in [4.69, 9.17) is 9.26 Å². The largest absolute Gasteiger partial charge is 0.497 e. The smallest absolute Gasteiger partial charge is 0.228 e. The van der Waals surface area contributed by atoms with Crippen LogP contribution in [0.1, 0.15) is 55.9 Å². The van der Waals surface area contributed by atoms with Crippen molar-refractivity contribution >= 4 is 5.96 Å². The Morgan fingerprint density at radius 3 is 2.53 bits per heavy atom. The van der Waals surface area contributed by atoms with Gasteiger partial charge in [-0.1, -0.05) is 31.1 Å². The number of guanidine groups is 1. The van der Waals surface area contributed by atoms with Gasteiger partial charge in [0.2, 0.25) is 5.89 Å². The van der Waals surface area contributed by atoms with Gasteiger partial charge in [-0.2, -0.15) is 4.98 Å². The highest BCUT2D eigenvalue weighted by Crippen LogP contribution is 2.26. The quantitative estimate of drug-likeness (QED) is 0.482. The summed E-state index contributed by atoms with van der Waals surface area (Å²) in [7, 11) is 3.49. The predicted octanol–water partition coefficient (Wildman–Crippen LogP) is 2.75. The van der Waals surface area contributed by atoms with E-state index in [2.05, 4.69) is 56.6 Å². The number of hydrogen-bond donors (Lipinski definition) is 2. The molecule has 1 aromatic heterocycles. The summed E-state index contributed by atoms with van der Waals surface area (Å²) in [5.41, 5.74) is 1.28. The summed E-state index contributed by atoms with van der Waals surface area (Å²) in [5, 5.41) is 10.8. The zero-order valence-corrected chi connectivity index (χ0v) is 18.5. The molecule has 2 aromatic rings. The highest BCUT2D eigenvalue weighted by molar-refractivity contribution is 5.79. The minimum atomic E-state index is 0.269. The van der Waals surface area contributed by atoms with Gasteiger partial charge in [-0.25, -0.2) is 0 Å². The highest BCUT2D eigenvalue weighted by Gasteiger charge is 2.23. The molecule has 0 saturated carbocycles. The molecule has 0 bridgehead atoms. The summed E-state index contributed by atoms with van der Waals surface area (Å²) in [5.74, 6) is 3.32. The Morgan fingerprint density at radius 2 is 1.93 bits per heavy atom. The second kappa shape index (κ2) is 11.0. The lowest BCUT2D eigenvalue weighted by atomic mass is 10.1. The van der Waals surface area contributed by atoms with Gasteiger partial charge in [-0.15, -0.1) is 0 Å². The third-order valence-electron chi connectivity index (χ3n) is 5.40. The van der Waals surface area contributed by atoms with Gasteiger partial charge in [0.15, 0.2) is 11.8 Å². The molecule has 1 atom stereocenters. The van der Waals surface area contributed by atoms with E-state index in [0.29, 0.717) is 24.9 Å². The summed E-state index contributed by atoms with van der Waals surface area (Å²) in [6.45, 7) is 7.82. The Bertz CT molecular complexity index is 796. The van der Waals surface area contributed by atoms with Crippen LogP contribution in [-0.4, -0.2) is 61.3 Å². The van der Waals surface area contributed by atoms with Crippen LogP contribution < -0.4 is 15.4 Å². The Labute approximate surface area is 179 Å². The molecule has 8 nitrogen and oxygen atoms in total. The van der Waals surface area contributed by atoms with E-state index >= 15 is 0 Å². The average Bonchev–Trinajstić information content (AvgIpc) is 3.45. The van der Waals surface area contributed by atoms with Crippen molar-refractivity contribution in [3.8, 4) is 5.75 Å². The zero-order chi connectivity index (χ0) is 21.3. The van der Waals surface area contributed by atoms with Crippen LogP contribution in [0.2, 0.25) is 0 Å². The minimum Gasteiger partial charge on any atom is -0.497 e. The van der Waals surface area contributed by atoms with E-state index in [0.717, 1.165) is 37.2 Å². The molecule has 1 aliphatic heterocycles. The molecular formula is C22H34N6O2. The van der Waals surface area contributed by atoms with Crippen molar-refractivity contribution in [3.05, 3.63) is 41.5 Å². The Balaban J connectivity index is 1.54. The molecule has 1 saturated heterocycles. The van der Waals surface area contributed by atoms with Crippen LogP contribution in [0.25, 0.3) is 0 Å². The van der Waals surface area contributed by atoms with E-state index in [1.54, 1.807) is 14.2 Å². The van der Waals surface area contributed by atoms with Gasteiger partial charge in [0.1, 0.15) is 5.75 Å². The molecule has 0 spiro atoms. The summed E-state index contributed by atoms with van der Waals surface area (Å²) in [6, 6.07) is 8.66. The minimum absolute atomic E-state index is 0.269. The van der Waals surface area contributed by atoms with Gasteiger partial charge in [-0.3, -0.25) is 9.89 Å². The van der Waals surface area contributed by atoms with Crippen molar-refractivity contribution in [1.82, 2.24) is 25.7 Å². The number of nitrogens with zero attached hydrogens (tertiary/aromatic N) is 4. The van der Waals surface area contributed by atoms with Gasteiger partial charge >= 0.3 is 0 Å². The van der Waals surface area contributed by atoms with Gasteiger partial charge in [0, 0.05) is 32.5 Å². The van der Waals surface area contributed by atoms with Crippen molar-refractivity contribution in [1.29, 1.82) is 0 Å². The molecule has 0 aliphatic carbocycles. The molecular weight excluding hydrogens is 380 g/mol. The molecule has 1 unspecified atom stereocenters. The Kier molecular flexibility index (Phi) is 8.07. The van der Waals surface area contributed by atoms with Crippen LogP contribution in [0, 0.1) is 0 Å². The fourth-order valence-electron chi connectivity index (χ4n) is 3.64. The lowest BCUT2D eigenvalue weighted by Crippen LogP contribution is -2.43. The maximum absolute atomic E-state index is 5.31. The molecule has 30 heavy (non-hydrogen) atoms. The molecule has 2 heterocycles. The summed E-state index contributed by atoms with van der Waals surface area (Å²) < 4.78 is 10.6. The average molecular weight is 415 g/mol. The third-order valence-corrected chi connectivity index (χ3v) is 5.40. The lowest BCUT2D eigenvalue weighted by Gasteiger charge is -2.29.